The maximum atomic E-state index is 11.5. The number of phenols is 1. The first-order chi connectivity index (χ1) is 8.06. The van der Waals surface area contributed by atoms with E-state index in [2.05, 4.69) is 5.32 Å². The molecule has 1 aromatic carbocycles. The van der Waals surface area contributed by atoms with Gasteiger partial charge in [0, 0.05) is 12.3 Å². The van der Waals surface area contributed by atoms with Gasteiger partial charge in [0.05, 0.1) is 11.8 Å². The monoisotopic (exact) mass is 232 g/mol. The van der Waals surface area contributed by atoms with Gasteiger partial charge >= 0.3 is 0 Å². The second kappa shape index (κ2) is 5.90. The molecule has 90 valence electrons. The van der Waals surface area contributed by atoms with Crippen LogP contribution in [0.1, 0.15) is 25.8 Å². The number of rotatable bonds is 4. The lowest BCUT2D eigenvalue weighted by Crippen LogP contribution is -2.17. The average Bonchev–Trinajstić information content (AvgIpc) is 2.30. The molecule has 0 aliphatic carbocycles. The number of nitrogens with one attached hydrogen (secondary N) is 1. The zero-order valence-electron chi connectivity index (χ0n) is 10.0. The van der Waals surface area contributed by atoms with Crippen LogP contribution < -0.4 is 5.32 Å². The fraction of sp³-hybridized carbons (Fsp3) is 0.385. The third-order valence-electron chi connectivity index (χ3n) is 2.41. The van der Waals surface area contributed by atoms with Crippen molar-refractivity contribution in [1.82, 2.24) is 0 Å². The molecule has 1 rings (SSSR count). The predicted molar refractivity (Wildman–Crippen MR) is 65.5 cm³/mol. The smallest absolute Gasteiger partial charge is 0.227 e. The molecule has 4 heteroatoms. The molecule has 17 heavy (non-hydrogen) atoms. The van der Waals surface area contributed by atoms with E-state index in [4.69, 9.17) is 5.26 Å². The Kier molecular flexibility index (Phi) is 4.53. The zero-order chi connectivity index (χ0) is 12.8. The lowest BCUT2D eigenvalue weighted by Gasteiger charge is -2.11. The van der Waals surface area contributed by atoms with Crippen LogP contribution in [0.5, 0.6) is 5.75 Å². The number of nitrogens with zero attached hydrogens (tertiary/aromatic N) is 1. The number of benzene rings is 1. The Morgan fingerprint density at radius 3 is 2.82 bits per heavy atom. The molecule has 0 unspecified atom stereocenters. The van der Waals surface area contributed by atoms with Gasteiger partial charge in [-0.2, -0.15) is 5.26 Å². The van der Waals surface area contributed by atoms with E-state index in [-0.39, 0.29) is 17.6 Å². The van der Waals surface area contributed by atoms with Crippen LogP contribution in [0.4, 0.5) is 5.69 Å². The number of hydrogen-bond donors (Lipinski definition) is 2. The molecule has 0 radical (unpaired) electrons. The van der Waals surface area contributed by atoms with Gasteiger partial charge in [-0.3, -0.25) is 4.79 Å². The van der Waals surface area contributed by atoms with Crippen molar-refractivity contribution >= 4 is 11.6 Å². The van der Waals surface area contributed by atoms with Crippen molar-refractivity contribution in [3.8, 4) is 11.8 Å². The van der Waals surface area contributed by atoms with Crippen LogP contribution >= 0.6 is 0 Å². The molecule has 4 nitrogen and oxygen atoms in total. The van der Waals surface area contributed by atoms with Gasteiger partial charge in [-0.1, -0.05) is 26.0 Å². The Morgan fingerprint density at radius 2 is 2.24 bits per heavy atom. The van der Waals surface area contributed by atoms with E-state index in [1.807, 2.05) is 6.07 Å². The van der Waals surface area contributed by atoms with Gasteiger partial charge in [0.2, 0.25) is 5.91 Å². The number of nitriles is 1. The molecule has 0 aromatic heterocycles. The second-order valence-corrected chi connectivity index (χ2v) is 4.12. The Morgan fingerprint density at radius 1 is 1.53 bits per heavy atom. The lowest BCUT2D eigenvalue weighted by atomic mass is 10.1. The van der Waals surface area contributed by atoms with E-state index in [1.165, 1.54) is 0 Å². The van der Waals surface area contributed by atoms with E-state index in [0.29, 0.717) is 24.1 Å². The Balaban J connectivity index is 2.87. The molecule has 0 aliphatic rings. The van der Waals surface area contributed by atoms with Crippen LogP contribution in [0, 0.1) is 17.2 Å². The van der Waals surface area contributed by atoms with E-state index in [0.717, 1.165) is 0 Å². The van der Waals surface area contributed by atoms with Gasteiger partial charge in [-0.15, -0.1) is 0 Å². The molecule has 0 fully saturated rings. The summed E-state index contributed by atoms with van der Waals surface area (Å²) < 4.78 is 0. The summed E-state index contributed by atoms with van der Waals surface area (Å²) in [7, 11) is 0. The van der Waals surface area contributed by atoms with Crippen LogP contribution in [0.3, 0.4) is 0 Å². The predicted octanol–water partition coefficient (Wildman–Crippen LogP) is 2.44. The molecule has 1 aromatic rings. The standard InChI is InChI=1S/C13H16N2O2/c1-9(2)13(17)15-11-7-3-5-10(12(11)16)6-4-8-14/h3,5,7,9,16H,4,6H2,1-2H3,(H,15,17). The number of para-hydroxylation sites is 1. The minimum absolute atomic E-state index is 0.0525. The van der Waals surface area contributed by atoms with Crippen molar-refractivity contribution in [2.45, 2.75) is 26.7 Å². The average molecular weight is 232 g/mol. The van der Waals surface area contributed by atoms with Crippen molar-refractivity contribution in [2.24, 2.45) is 5.92 Å². The first kappa shape index (κ1) is 13.0. The maximum Gasteiger partial charge on any atom is 0.227 e. The van der Waals surface area contributed by atoms with Crippen molar-refractivity contribution in [2.75, 3.05) is 5.32 Å². The molecule has 2 N–H and O–H groups in total. The van der Waals surface area contributed by atoms with Crippen molar-refractivity contribution in [1.29, 1.82) is 5.26 Å². The molecule has 0 spiro atoms. The third kappa shape index (κ3) is 3.49. The number of hydrogen-bond acceptors (Lipinski definition) is 3. The van der Waals surface area contributed by atoms with Crippen LogP contribution in [-0.2, 0) is 11.2 Å². The van der Waals surface area contributed by atoms with Crippen molar-refractivity contribution in [3.63, 3.8) is 0 Å². The highest BCUT2D eigenvalue weighted by Gasteiger charge is 2.11. The normalized spacial score (nSPS) is 10.0. The molecule has 0 saturated carbocycles. The first-order valence-electron chi connectivity index (χ1n) is 5.55. The molecule has 1 amide bonds. The highest BCUT2D eigenvalue weighted by Crippen LogP contribution is 2.28. The third-order valence-corrected chi connectivity index (χ3v) is 2.41. The fourth-order valence-corrected chi connectivity index (χ4v) is 1.36. The van der Waals surface area contributed by atoms with E-state index < -0.39 is 0 Å². The van der Waals surface area contributed by atoms with Crippen LogP contribution in [0.25, 0.3) is 0 Å². The maximum absolute atomic E-state index is 11.5. The minimum Gasteiger partial charge on any atom is -0.505 e. The van der Waals surface area contributed by atoms with Gasteiger partial charge in [0.15, 0.2) is 0 Å². The van der Waals surface area contributed by atoms with Gasteiger partial charge in [0.25, 0.3) is 0 Å². The molecule has 0 aliphatic heterocycles. The quantitative estimate of drug-likeness (QED) is 0.783. The number of carbonyl (C=O) groups is 1. The number of aryl methyl sites for hydroxylation is 1. The summed E-state index contributed by atoms with van der Waals surface area (Å²) in [6, 6.07) is 7.17. The number of anilines is 1. The fourth-order valence-electron chi connectivity index (χ4n) is 1.36. The summed E-state index contributed by atoms with van der Waals surface area (Å²) in [6.07, 6.45) is 0.822. The molecular formula is C13H16N2O2. The Bertz CT molecular complexity index is 447. The molecule has 0 atom stereocenters. The molecule has 0 bridgehead atoms. The van der Waals surface area contributed by atoms with Gasteiger partial charge < -0.3 is 10.4 Å². The summed E-state index contributed by atoms with van der Waals surface area (Å²) in [5, 5.41) is 21.1. The number of phenolic OH excluding ortho intramolecular Hbond substituents is 1. The molecule has 0 heterocycles. The van der Waals surface area contributed by atoms with Crippen molar-refractivity contribution < 1.29 is 9.90 Å². The minimum atomic E-state index is -0.142. The van der Waals surface area contributed by atoms with E-state index >= 15 is 0 Å². The molecule has 0 saturated heterocycles. The van der Waals surface area contributed by atoms with Crippen LogP contribution in [0.2, 0.25) is 0 Å². The largest absolute Gasteiger partial charge is 0.505 e. The van der Waals surface area contributed by atoms with Crippen LogP contribution in [-0.4, -0.2) is 11.0 Å². The van der Waals surface area contributed by atoms with Gasteiger partial charge in [-0.25, -0.2) is 0 Å². The summed E-state index contributed by atoms with van der Waals surface area (Å²) in [4.78, 5) is 11.5. The van der Waals surface area contributed by atoms with Crippen LogP contribution in [0.15, 0.2) is 18.2 Å². The van der Waals surface area contributed by atoms with Gasteiger partial charge in [0.1, 0.15) is 5.75 Å². The Labute approximate surface area is 101 Å². The van der Waals surface area contributed by atoms with E-state index in [9.17, 15) is 9.90 Å². The number of carbonyl (C=O) groups excluding carboxylic acids is 1. The Hall–Kier alpha value is -2.02. The highest BCUT2D eigenvalue weighted by atomic mass is 16.3. The zero-order valence-corrected chi connectivity index (χ0v) is 10.0. The number of amides is 1. The lowest BCUT2D eigenvalue weighted by molar-refractivity contribution is -0.118. The summed E-state index contributed by atoms with van der Waals surface area (Å²) in [5.41, 5.74) is 1.08. The number of aromatic hydroxyl groups is 1. The van der Waals surface area contributed by atoms with Crippen molar-refractivity contribution in [3.05, 3.63) is 23.8 Å². The van der Waals surface area contributed by atoms with Gasteiger partial charge in [-0.05, 0) is 18.1 Å². The topological polar surface area (TPSA) is 73.1 Å². The highest BCUT2D eigenvalue weighted by molar-refractivity contribution is 5.93. The summed E-state index contributed by atoms with van der Waals surface area (Å²) >= 11 is 0. The SMILES string of the molecule is CC(C)C(=O)Nc1cccc(CCC#N)c1O. The first-order valence-corrected chi connectivity index (χ1v) is 5.55. The summed E-state index contributed by atoms with van der Waals surface area (Å²) in [5.74, 6) is -0.230. The van der Waals surface area contributed by atoms with E-state index in [1.54, 1.807) is 32.0 Å². The summed E-state index contributed by atoms with van der Waals surface area (Å²) in [6.45, 7) is 3.57. The second-order valence-electron chi connectivity index (χ2n) is 4.12. The molecular weight excluding hydrogens is 216 g/mol.